The zero-order valence-electron chi connectivity index (χ0n) is 7.77. The Morgan fingerprint density at radius 1 is 1.40 bits per heavy atom. The van der Waals surface area contributed by atoms with E-state index in [4.69, 9.17) is 5.73 Å². The number of rotatable bonds is 3. The topological polar surface area (TPSA) is 63.8 Å². The molecule has 0 bridgehead atoms. The molecule has 0 spiro atoms. The Balaban J connectivity index is 2.02. The first-order chi connectivity index (χ1) is 7.25. The van der Waals surface area contributed by atoms with Gasteiger partial charge in [0, 0.05) is 22.5 Å². The molecule has 0 aliphatic carbocycles. The summed E-state index contributed by atoms with van der Waals surface area (Å²) in [5.74, 6) is 0.314. The van der Waals surface area contributed by atoms with E-state index in [1.807, 2.05) is 24.3 Å². The molecule has 2 rings (SSSR count). The summed E-state index contributed by atoms with van der Waals surface area (Å²) in [6.45, 7) is 0.704. The first-order valence-electron chi connectivity index (χ1n) is 4.32. The quantitative estimate of drug-likeness (QED) is 0.909. The second kappa shape index (κ2) is 4.59. The highest BCUT2D eigenvalue weighted by Crippen LogP contribution is 2.18. The third-order valence-electron chi connectivity index (χ3n) is 1.83. The van der Waals surface area contributed by atoms with Crippen molar-refractivity contribution < 1.29 is 0 Å². The zero-order valence-corrected chi connectivity index (χ0v) is 10.2. The molecule has 78 valence electrons. The van der Waals surface area contributed by atoms with Gasteiger partial charge in [-0.25, -0.2) is 0 Å². The monoisotopic (exact) mass is 284 g/mol. The smallest absolute Gasteiger partial charge is 0.233 e. The van der Waals surface area contributed by atoms with Crippen LogP contribution in [0.15, 0.2) is 28.7 Å². The number of nitrogens with two attached hydrogens (primary N) is 1. The van der Waals surface area contributed by atoms with Gasteiger partial charge in [0.25, 0.3) is 0 Å². The molecule has 1 aromatic carbocycles. The molecule has 0 unspecified atom stereocenters. The molecule has 15 heavy (non-hydrogen) atoms. The predicted molar refractivity (Wildman–Crippen MR) is 65.8 cm³/mol. The lowest BCUT2D eigenvalue weighted by Crippen LogP contribution is -1.99. The highest BCUT2D eigenvalue weighted by atomic mass is 79.9. The third kappa shape index (κ3) is 2.66. The van der Waals surface area contributed by atoms with E-state index in [1.165, 1.54) is 17.1 Å². The second-order valence-corrected chi connectivity index (χ2v) is 4.51. The zero-order chi connectivity index (χ0) is 10.7. The maximum absolute atomic E-state index is 5.42. The minimum absolute atomic E-state index is 0.314. The molecule has 0 amide bonds. The largest absolute Gasteiger partial charge is 0.367 e. The van der Waals surface area contributed by atoms with Gasteiger partial charge in [0.2, 0.25) is 11.1 Å². The summed E-state index contributed by atoms with van der Waals surface area (Å²) in [5, 5.41) is 3.90. The number of hydrogen-bond donors (Lipinski definition) is 2. The molecule has 3 N–H and O–H groups in total. The average Bonchev–Trinajstić information content (AvgIpc) is 2.63. The first-order valence-corrected chi connectivity index (χ1v) is 5.89. The van der Waals surface area contributed by atoms with Crippen molar-refractivity contribution in [3.05, 3.63) is 34.3 Å². The molecule has 0 radical (unpaired) electrons. The summed E-state index contributed by atoms with van der Waals surface area (Å²) in [7, 11) is 0. The van der Waals surface area contributed by atoms with Crippen LogP contribution in [0.4, 0.5) is 11.1 Å². The van der Waals surface area contributed by atoms with E-state index in [2.05, 4.69) is 30.6 Å². The fourth-order valence-electron chi connectivity index (χ4n) is 1.12. The predicted octanol–water partition coefficient (Wildman–Crippen LogP) is 2.49. The Labute approximate surface area is 99.8 Å². The molecule has 1 heterocycles. The van der Waals surface area contributed by atoms with E-state index in [0.717, 1.165) is 9.60 Å². The Kier molecular flexibility index (Phi) is 3.17. The van der Waals surface area contributed by atoms with Gasteiger partial charge in [-0.2, -0.15) is 9.36 Å². The average molecular weight is 285 g/mol. The van der Waals surface area contributed by atoms with E-state index < -0.39 is 0 Å². The number of aromatic nitrogens is 2. The van der Waals surface area contributed by atoms with Crippen molar-refractivity contribution >= 4 is 38.5 Å². The molecule has 0 aliphatic rings. The normalized spacial score (nSPS) is 10.2. The standard InChI is InChI=1S/C9H9BrN4S/c10-7-4-2-1-3-6(7)5-12-9-13-8(11)14-15-9/h1-4H,5H2,(H3,11,12,13,14). The highest BCUT2D eigenvalue weighted by molar-refractivity contribution is 9.10. The van der Waals surface area contributed by atoms with Crippen LogP contribution in [-0.2, 0) is 6.54 Å². The summed E-state index contributed by atoms with van der Waals surface area (Å²) in [6.07, 6.45) is 0. The van der Waals surface area contributed by atoms with E-state index in [0.29, 0.717) is 12.5 Å². The molecule has 0 atom stereocenters. The van der Waals surface area contributed by atoms with Crippen molar-refractivity contribution in [1.82, 2.24) is 9.36 Å². The van der Waals surface area contributed by atoms with Crippen LogP contribution in [-0.4, -0.2) is 9.36 Å². The van der Waals surface area contributed by atoms with Crippen LogP contribution in [0.1, 0.15) is 5.56 Å². The van der Waals surface area contributed by atoms with Crippen LogP contribution in [0.3, 0.4) is 0 Å². The minimum Gasteiger partial charge on any atom is -0.367 e. The lowest BCUT2D eigenvalue weighted by Gasteiger charge is -2.04. The van der Waals surface area contributed by atoms with Gasteiger partial charge in [-0.1, -0.05) is 34.1 Å². The van der Waals surface area contributed by atoms with Gasteiger partial charge in [-0.05, 0) is 11.6 Å². The van der Waals surface area contributed by atoms with Crippen LogP contribution < -0.4 is 11.1 Å². The number of nitrogens with zero attached hydrogens (tertiary/aromatic N) is 2. The van der Waals surface area contributed by atoms with Crippen LogP contribution in [0.2, 0.25) is 0 Å². The molecule has 0 aliphatic heterocycles. The Morgan fingerprint density at radius 2 is 2.20 bits per heavy atom. The van der Waals surface area contributed by atoms with Gasteiger partial charge in [0.1, 0.15) is 0 Å². The Hall–Kier alpha value is -1.14. The molecule has 6 heteroatoms. The molecule has 0 saturated carbocycles. The molecule has 2 aromatic rings. The van der Waals surface area contributed by atoms with E-state index >= 15 is 0 Å². The number of anilines is 2. The lowest BCUT2D eigenvalue weighted by atomic mass is 10.2. The molecule has 0 saturated heterocycles. The maximum Gasteiger partial charge on any atom is 0.233 e. The first kappa shape index (κ1) is 10.4. The van der Waals surface area contributed by atoms with Crippen molar-refractivity contribution in [1.29, 1.82) is 0 Å². The van der Waals surface area contributed by atoms with E-state index in [-0.39, 0.29) is 0 Å². The minimum atomic E-state index is 0.314. The van der Waals surface area contributed by atoms with Crippen molar-refractivity contribution in [2.24, 2.45) is 0 Å². The lowest BCUT2D eigenvalue weighted by molar-refractivity contribution is 1.12. The SMILES string of the molecule is Nc1nsc(NCc2ccccc2Br)n1. The molecular formula is C9H9BrN4S. The number of hydrogen-bond acceptors (Lipinski definition) is 5. The van der Waals surface area contributed by atoms with Crippen LogP contribution in [0, 0.1) is 0 Å². The third-order valence-corrected chi connectivity index (χ3v) is 3.29. The molecule has 1 aromatic heterocycles. The van der Waals surface area contributed by atoms with Crippen molar-refractivity contribution in [2.45, 2.75) is 6.54 Å². The Morgan fingerprint density at radius 3 is 2.87 bits per heavy atom. The molecular weight excluding hydrogens is 276 g/mol. The van der Waals surface area contributed by atoms with E-state index in [1.54, 1.807) is 0 Å². The van der Waals surface area contributed by atoms with Gasteiger partial charge in [0.15, 0.2) is 0 Å². The molecule has 4 nitrogen and oxygen atoms in total. The summed E-state index contributed by atoms with van der Waals surface area (Å²) >= 11 is 4.74. The molecule has 0 fully saturated rings. The van der Waals surface area contributed by atoms with Crippen molar-refractivity contribution in [3.63, 3.8) is 0 Å². The number of nitrogen functional groups attached to an aromatic ring is 1. The summed E-state index contributed by atoms with van der Waals surface area (Å²) in [5.41, 5.74) is 6.59. The van der Waals surface area contributed by atoms with Gasteiger partial charge < -0.3 is 11.1 Å². The van der Waals surface area contributed by atoms with Gasteiger partial charge in [0.05, 0.1) is 0 Å². The van der Waals surface area contributed by atoms with Crippen LogP contribution in [0.5, 0.6) is 0 Å². The maximum atomic E-state index is 5.42. The number of benzene rings is 1. The van der Waals surface area contributed by atoms with Gasteiger partial charge in [-0.3, -0.25) is 0 Å². The second-order valence-electron chi connectivity index (χ2n) is 2.90. The Bertz CT molecular complexity index is 457. The van der Waals surface area contributed by atoms with E-state index in [9.17, 15) is 0 Å². The summed E-state index contributed by atoms with van der Waals surface area (Å²) < 4.78 is 4.96. The van der Waals surface area contributed by atoms with Crippen molar-refractivity contribution in [2.75, 3.05) is 11.1 Å². The van der Waals surface area contributed by atoms with Crippen LogP contribution in [0.25, 0.3) is 0 Å². The highest BCUT2D eigenvalue weighted by Gasteiger charge is 2.01. The van der Waals surface area contributed by atoms with Crippen molar-refractivity contribution in [3.8, 4) is 0 Å². The summed E-state index contributed by atoms with van der Waals surface area (Å²) in [6, 6.07) is 8.03. The van der Waals surface area contributed by atoms with Gasteiger partial charge in [-0.15, -0.1) is 0 Å². The fourth-order valence-corrected chi connectivity index (χ4v) is 2.04. The van der Waals surface area contributed by atoms with Crippen LogP contribution >= 0.6 is 27.5 Å². The fraction of sp³-hybridized carbons (Fsp3) is 0.111. The van der Waals surface area contributed by atoms with Gasteiger partial charge >= 0.3 is 0 Å². The number of nitrogens with one attached hydrogen (secondary N) is 1. The summed E-state index contributed by atoms with van der Waals surface area (Å²) in [4.78, 5) is 4.01. The number of halogens is 1.